The Kier molecular flexibility index (Phi) is 5.27. The lowest BCUT2D eigenvalue weighted by Gasteiger charge is -2.33. The SMILES string of the molecule is CCN1CCC(NC(C)c2ccc(C(F)(F)F)cc2)CC1. The van der Waals surface area contributed by atoms with Crippen LogP contribution < -0.4 is 5.32 Å². The first-order chi connectivity index (χ1) is 9.90. The first-order valence-electron chi connectivity index (χ1n) is 7.55. The van der Waals surface area contributed by atoms with Crippen molar-refractivity contribution in [3.05, 3.63) is 35.4 Å². The molecule has 0 saturated carbocycles. The van der Waals surface area contributed by atoms with Gasteiger partial charge in [0.2, 0.25) is 0 Å². The third kappa shape index (κ3) is 4.45. The van der Waals surface area contributed by atoms with Crippen molar-refractivity contribution >= 4 is 0 Å². The molecule has 0 bridgehead atoms. The van der Waals surface area contributed by atoms with E-state index < -0.39 is 11.7 Å². The van der Waals surface area contributed by atoms with E-state index in [1.54, 1.807) is 12.1 Å². The monoisotopic (exact) mass is 300 g/mol. The zero-order valence-corrected chi connectivity index (χ0v) is 12.6. The second kappa shape index (κ2) is 6.79. The Morgan fingerprint density at radius 1 is 1.19 bits per heavy atom. The van der Waals surface area contributed by atoms with Crippen LogP contribution in [0.3, 0.4) is 0 Å². The molecule has 0 aliphatic carbocycles. The van der Waals surface area contributed by atoms with Gasteiger partial charge in [-0.2, -0.15) is 13.2 Å². The fourth-order valence-corrected chi connectivity index (χ4v) is 2.83. The Hall–Kier alpha value is -1.07. The molecule has 1 saturated heterocycles. The molecule has 0 amide bonds. The molecule has 1 atom stereocenters. The number of hydrogen-bond donors (Lipinski definition) is 1. The minimum atomic E-state index is -4.26. The van der Waals surface area contributed by atoms with Crippen molar-refractivity contribution in [3.63, 3.8) is 0 Å². The maximum Gasteiger partial charge on any atom is 0.416 e. The van der Waals surface area contributed by atoms with Gasteiger partial charge < -0.3 is 10.2 Å². The van der Waals surface area contributed by atoms with Crippen LogP contribution in [0.2, 0.25) is 0 Å². The van der Waals surface area contributed by atoms with Crippen LogP contribution in [0, 0.1) is 0 Å². The molecule has 2 rings (SSSR count). The summed E-state index contributed by atoms with van der Waals surface area (Å²) in [5.41, 5.74) is 0.315. The molecule has 1 unspecified atom stereocenters. The van der Waals surface area contributed by atoms with Crippen molar-refractivity contribution in [2.45, 2.75) is 44.9 Å². The zero-order chi connectivity index (χ0) is 15.5. The molecule has 1 aromatic rings. The Bertz CT molecular complexity index is 434. The van der Waals surface area contributed by atoms with E-state index in [1.807, 2.05) is 6.92 Å². The van der Waals surface area contributed by atoms with Gasteiger partial charge in [-0.3, -0.25) is 0 Å². The van der Waals surface area contributed by atoms with Crippen LogP contribution in [0.15, 0.2) is 24.3 Å². The van der Waals surface area contributed by atoms with Crippen LogP contribution in [0.1, 0.15) is 43.9 Å². The molecule has 0 radical (unpaired) electrons. The summed E-state index contributed by atoms with van der Waals surface area (Å²) in [4.78, 5) is 2.42. The fourth-order valence-electron chi connectivity index (χ4n) is 2.83. The molecule has 1 aliphatic rings. The summed E-state index contributed by atoms with van der Waals surface area (Å²) in [6.45, 7) is 7.44. The molecule has 0 spiro atoms. The fraction of sp³-hybridized carbons (Fsp3) is 0.625. The summed E-state index contributed by atoms with van der Waals surface area (Å²) in [6.07, 6.45) is -2.07. The summed E-state index contributed by atoms with van der Waals surface area (Å²) in [6, 6.07) is 5.99. The number of halogens is 3. The Morgan fingerprint density at radius 3 is 2.24 bits per heavy atom. The van der Waals surface area contributed by atoms with Crippen LogP contribution in [-0.2, 0) is 6.18 Å². The number of nitrogens with zero attached hydrogens (tertiary/aromatic N) is 1. The van der Waals surface area contributed by atoms with Gasteiger partial charge in [0.15, 0.2) is 0 Å². The molecule has 0 aromatic heterocycles. The van der Waals surface area contributed by atoms with E-state index in [0.29, 0.717) is 6.04 Å². The largest absolute Gasteiger partial charge is 0.416 e. The van der Waals surface area contributed by atoms with E-state index in [1.165, 1.54) is 0 Å². The average molecular weight is 300 g/mol. The van der Waals surface area contributed by atoms with E-state index >= 15 is 0 Å². The van der Waals surface area contributed by atoms with Gasteiger partial charge in [0.05, 0.1) is 5.56 Å². The minimum Gasteiger partial charge on any atom is -0.307 e. The molecule has 1 aliphatic heterocycles. The van der Waals surface area contributed by atoms with Gasteiger partial charge in [-0.25, -0.2) is 0 Å². The summed E-state index contributed by atoms with van der Waals surface area (Å²) < 4.78 is 37.6. The zero-order valence-electron chi connectivity index (χ0n) is 12.6. The highest BCUT2D eigenvalue weighted by Gasteiger charge is 2.30. The highest BCUT2D eigenvalue weighted by Crippen LogP contribution is 2.30. The van der Waals surface area contributed by atoms with Crippen LogP contribution in [-0.4, -0.2) is 30.6 Å². The number of piperidine rings is 1. The molecular weight excluding hydrogens is 277 g/mol. The van der Waals surface area contributed by atoms with Crippen molar-refractivity contribution in [2.24, 2.45) is 0 Å². The van der Waals surface area contributed by atoms with Gasteiger partial charge in [0.1, 0.15) is 0 Å². The molecule has 118 valence electrons. The maximum atomic E-state index is 12.5. The summed E-state index contributed by atoms with van der Waals surface area (Å²) >= 11 is 0. The standard InChI is InChI=1S/C16H23F3N2/c1-3-21-10-8-15(9-11-21)20-12(2)13-4-6-14(7-5-13)16(17,18)19/h4-7,12,15,20H,3,8-11H2,1-2H3. The van der Waals surface area contributed by atoms with E-state index in [4.69, 9.17) is 0 Å². The number of rotatable bonds is 4. The Balaban J connectivity index is 1.90. The number of benzene rings is 1. The highest BCUT2D eigenvalue weighted by atomic mass is 19.4. The quantitative estimate of drug-likeness (QED) is 0.909. The van der Waals surface area contributed by atoms with Crippen LogP contribution in [0.4, 0.5) is 13.2 Å². The minimum absolute atomic E-state index is 0.0745. The first kappa shape index (κ1) is 16.3. The summed E-state index contributed by atoms with van der Waals surface area (Å²) in [5.74, 6) is 0. The lowest BCUT2D eigenvalue weighted by Crippen LogP contribution is -2.43. The van der Waals surface area contributed by atoms with Crippen molar-refractivity contribution in [3.8, 4) is 0 Å². The maximum absolute atomic E-state index is 12.5. The van der Waals surface area contributed by atoms with Gasteiger partial charge >= 0.3 is 6.18 Å². The number of nitrogens with one attached hydrogen (secondary N) is 1. The lowest BCUT2D eigenvalue weighted by atomic mass is 10.0. The molecule has 2 nitrogen and oxygen atoms in total. The van der Waals surface area contributed by atoms with E-state index in [9.17, 15) is 13.2 Å². The third-order valence-electron chi connectivity index (χ3n) is 4.26. The molecule has 5 heteroatoms. The van der Waals surface area contributed by atoms with Crippen molar-refractivity contribution in [1.29, 1.82) is 0 Å². The lowest BCUT2D eigenvalue weighted by molar-refractivity contribution is -0.137. The highest BCUT2D eigenvalue weighted by molar-refractivity contribution is 5.26. The molecular formula is C16H23F3N2. The van der Waals surface area contributed by atoms with E-state index in [-0.39, 0.29) is 6.04 Å². The molecule has 1 fully saturated rings. The second-order valence-electron chi connectivity index (χ2n) is 5.72. The Labute approximate surface area is 124 Å². The average Bonchev–Trinajstić information content (AvgIpc) is 2.47. The topological polar surface area (TPSA) is 15.3 Å². The van der Waals surface area contributed by atoms with E-state index in [2.05, 4.69) is 17.1 Å². The van der Waals surface area contributed by atoms with Crippen molar-refractivity contribution < 1.29 is 13.2 Å². The normalized spacial score (nSPS) is 19.7. The number of hydrogen-bond acceptors (Lipinski definition) is 2. The molecule has 1 N–H and O–H groups in total. The molecule has 21 heavy (non-hydrogen) atoms. The van der Waals surface area contributed by atoms with Crippen molar-refractivity contribution in [2.75, 3.05) is 19.6 Å². The van der Waals surface area contributed by atoms with Gasteiger partial charge in [-0.15, -0.1) is 0 Å². The van der Waals surface area contributed by atoms with Gasteiger partial charge in [-0.05, 0) is 57.1 Å². The van der Waals surface area contributed by atoms with E-state index in [0.717, 1.165) is 50.2 Å². The van der Waals surface area contributed by atoms with Gasteiger partial charge in [0, 0.05) is 12.1 Å². The van der Waals surface area contributed by atoms with Crippen LogP contribution in [0.5, 0.6) is 0 Å². The van der Waals surface area contributed by atoms with Gasteiger partial charge in [-0.1, -0.05) is 19.1 Å². The smallest absolute Gasteiger partial charge is 0.307 e. The van der Waals surface area contributed by atoms with Crippen LogP contribution >= 0.6 is 0 Å². The third-order valence-corrected chi connectivity index (χ3v) is 4.26. The number of likely N-dealkylation sites (tertiary alicyclic amines) is 1. The van der Waals surface area contributed by atoms with Crippen molar-refractivity contribution in [1.82, 2.24) is 10.2 Å². The number of alkyl halides is 3. The van der Waals surface area contributed by atoms with Gasteiger partial charge in [0.25, 0.3) is 0 Å². The molecule has 1 aromatic carbocycles. The predicted octanol–water partition coefficient (Wildman–Crippen LogP) is 3.84. The first-order valence-corrected chi connectivity index (χ1v) is 7.55. The van der Waals surface area contributed by atoms with Crippen LogP contribution in [0.25, 0.3) is 0 Å². The second-order valence-corrected chi connectivity index (χ2v) is 5.72. The summed E-state index contributed by atoms with van der Waals surface area (Å²) in [7, 11) is 0. The molecule has 1 heterocycles. The predicted molar refractivity (Wildman–Crippen MR) is 78.1 cm³/mol. The Morgan fingerprint density at radius 2 is 1.76 bits per heavy atom. The summed E-state index contributed by atoms with van der Waals surface area (Å²) in [5, 5.41) is 3.53.